The second kappa shape index (κ2) is 6.53. The Morgan fingerprint density at radius 2 is 1.83 bits per heavy atom. The molecule has 128 valence electrons. The van der Waals surface area contributed by atoms with Gasteiger partial charge in [-0.15, -0.1) is 0 Å². The molecular weight excluding hydrogens is 322 g/mol. The van der Waals surface area contributed by atoms with Gasteiger partial charge < -0.3 is 4.90 Å². The minimum atomic E-state index is -3.48. The molecule has 1 unspecified atom stereocenters. The van der Waals surface area contributed by atoms with E-state index in [1.807, 2.05) is 50.2 Å². The molecule has 3 rings (SSSR count). The number of aryl methyl sites for hydroxylation is 1. The third-order valence-corrected chi connectivity index (χ3v) is 6.37. The maximum atomic E-state index is 13.0. The highest BCUT2D eigenvalue weighted by molar-refractivity contribution is 7.89. The maximum absolute atomic E-state index is 13.0. The predicted octanol–water partition coefficient (Wildman–Crippen LogP) is 2.98. The molecule has 1 aliphatic heterocycles. The van der Waals surface area contributed by atoms with Crippen molar-refractivity contribution in [2.24, 2.45) is 0 Å². The summed E-state index contributed by atoms with van der Waals surface area (Å²) in [6.07, 6.45) is 3.49. The zero-order valence-electron chi connectivity index (χ0n) is 14.3. The van der Waals surface area contributed by atoms with Gasteiger partial charge in [-0.1, -0.05) is 23.8 Å². The van der Waals surface area contributed by atoms with Crippen molar-refractivity contribution < 1.29 is 8.42 Å². The molecular formula is C18H23N3O2S. The first-order valence-corrected chi connectivity index (χ1v) is 9.55. The highest BCUT2D eigenvalue weighted by Crippen LogP contribution is 2.36. The molecule has 0 bridgehead atoms. The molecule has 0 aliphatic carbocycles. The van der Waals surface area contributed by atoms with Crippen molar-refractivity contribution in [1.29, 1.82) is 0 Å². The number of benzene rings is 1. The smallest absolute Gasteiger partial charge is 0.243 e. The molecule has 2 heterocycles. The summed E-state index contributed by atoms with van der Waals surface area (Å²) in [5, 5.41) is 0. The molecule has 1 fully saturated rings. The average Bonchev–Trinajstić information content (AvgIpc) is 3.06. The summed E-state index contributed by atoms with van der Waals surface area (Å²) in [7, 11) is 0.388. The lowest BCUT2D eigenvalue weighted by atomic mass is 10.1. The zero-order chi connectivity index (χ0) is 17.3. The van der Waals surface area contributed by atoms with E-state index >= 15 is 0 Å². The van der Waals surface area contributed by atoms with Gasteiger partial charge in [0, 0.05) is 26.8 Å². The summed E-state index contributed by atoms with van der Waals surface area (Å²) in [6, 6.07) is 10.8. The van der Waals surface area contributed by atoms with E-state index in [9.17, 15) is 8.42 Å². The Hall–Kier alpha value is -1.92. The van der Waals surface area contributed by atoms with E-state index in [0.717, 1.165) is 29.8 Å². The monoisotopic (exact) mass is 345 g/mol. The summed E-state index contributed by atoms with van der Waals surface area (Å²) < 4.78 is 27.6. The van der Waals surface area contributed by atoms with Crippen LogP contribution in [0.3, 0.4) is 0 Å². The van der Waals surface area contributed by atoms with E-state index in [1.165, 1.54) is 0 Å². The molecule has 0 saturated carbocycles. The van der Waals surface area contributed by atoms with Crippen LogP contribution in [0.2, 0.25) is 0 Å². The highest BCUT2D eigenvalue weighted by Gasteiger charge is 2.36. The van der Waals surface area contributed by atoms with Gasteiger partial charge in [0.1, 0.15) is 5.82 Å². The molecule has 1 aromatic carbocycles. The molecule has 1 atom stereocenters. The normalized spacial score (nSPS) is 18.7. The third kappa shape index (κ3) is 3.16. The molecule has 2 aromatic rings. The lowest BCUT2D eigenvalue weighted by Crippen LogP contribution is -2.30. The van der Waals surface area contributed by atoms with E-state index in [1.54, 1.807) is 22.6 Å². The first-order valence-electron chi connectivity index (χ1n) is 8.11. The van der Waals surface area contributed by atoms with Crippen molar-refractivity contribution in [2.75, 3.05) is 25.5 Å². The number of rotatable bonds is 4. The molecule has 5 nitrogen and oxygen atoms in total. The van der Waals surface area contributed by atoms with Crippen LogP contribution in [0, 0.1) is 6.92 Å². The van der Waals surface area contributed by atoms with Crippen LogP contribution in [0.15, 0.2) is 47.5 Å². The Balaban J connectivity index is 1.91. The molecule has 0 radical (unpaired) electrons. The zero-order valence-corrected chi connectivity index (χ0v) is 15.1. The van der Waals surface area contributed by atoms with E-state index < -0.39 is 10.0 Å². The molecule has 6 heteroatoms. The van der Waals surface area contributed by atoms with Crippen molar-refractivity contribution in [3.63, 3.8) is 0 Å². The largest absolute Gasteiger partial charge is 0.363 e. The Bertz CT molecular complexity index is 799. The van der Waals surface area contributed by atoms with Crippen LogP contribution in [0.25, 0.3) is 0 Å². The summed E-state index contributed by atoms with van der Waals surface area (Å²) in [5.74, 6) is 0.865. The Morgan fingerprint density at radius 1 is 1.12 bits per heavy atom. The van der Waals surface area contributed by atoms with Crippen molar-refractivity contribution in [2.45, 2.75) is 30.7 Å². The van der Waals surface area contributed by atoms with Gasteiger partial charge in [0.15, 0.2) is 0 Å². The van der Waals surface area contributed by atoms with Crippen LogP contribution in [0.1, 0.15) is 30.0 Å². The van der Waals surface area contributed by atoms with Crippen LogP contribution in [0.4, 0.5) is 5.82 Å². The number of hydrogen-bond donors (Lipinski definition) is 0. The van der Waals surface area contributed by atoms with Crippen LogP contribution in [-0.4, -0.2) is 38.3 Å². The molecule has 1 aliphatic rings. The summed E-state index contributed by atoms with van der Waals surface area (Å²) in [4.78, 5) is 6.72. The first kappa shape index (κ1) is 16.9. The Morgan fingerprint density at radius 3 is 2.42 bits per heavy atom. The Labute approximate surface area is 144 Å². The van der Waals surface area contributed by atoms with Crippen LogP contribution in [0.5, 0.6) is 0 Å². The van der Waals surface area contributed by atoms with Crippen molar-refractivity contribution >= 4 is 15.8 Å². The fraction of sp³-hybridized carbons (Fsp3) is 0.389. The lowest BCUT2D eigenvalue weighted by molar-refractivity contribution is 0.396. The van der Waals surface area contributed by atoms with E-state index in [2.05, 4.69) is 4.98 Å². The van der Waals surface area contributed by atoms with Crippen LogP contribution < -0.4 is 4.90 Å². The predicted molar refractivity (Wildman–Crippen MR) is 95.6 cm³/mol. The van der Waals surface area contributed by atoms with E-state index in [-0.39, 0.29) is 6.04 Å². The van der Waals surface area contributed by atoms with Crippen molar-refractivity contribution in [3.8, 4) is 0 Å². The van der Waals surface area contributed by atoms with E-state index in [4.69, 9.17) is 0 Å². The van der Waals surface area contributed by atoms with E-state index in [0.29, 0.717) is 11.4 Å². The number of nitrogens with zero attached hydrogens (tertiary/aromatic N) is 3. The minimum absolute atomic E-state index is 0.139. The number of anilines is 1. The fourth-order valence-corrected chi connectivity index (χ4v) is 4.75. The number of pyridine rings is 1. The Kier molecular flexibility index (Phi) is 4.60. The molecule has 1 aromatic heterocycles. The third-order valence-electron chi connectivity index (χ3n) is 4.44. The van der Waals surface area contributed by atoms with Gasteiger partial charge in [-0.25, -0.2) is 13.4 Å². The molecule has 24 heavy (non-hydrogen) atoms. The second-order valence-electron chi connectivity index (χ2n) is 6.43. The number of sulfonamides is 1. The average molecular weight is 345 g/mol. The fourth-order valence-electron chi connectivity index (χ4n) is 3.07. The quantitative estimate of drug-likeness (QED) is 0.855. The van der Waals surface area contributed by atoms with Gasteiger partial charge in [0.25, 0.3) is 0 Å². The molecule has 0 amide bonds. The first-order chi connectivity index (χ1) is 11.4. The van der Waals surface area contributed by atoms with Crippen molar-refractivity contribution in [3.05, 3.63) is 53.7 Å². The minimum Gasteiger partial charge on any atom is -0.363 e. The van der Waals surface area contributed by atoms with Gasteiger partial charge in [-0.3, -0.25) is 0 Å². The highest BCUT2D eigenvalue weighted by atomic mass is 32.2. The van der Waals surface area contributed by atoms with Gasteiger partial charge in [-0.05, 0) is 43.5 Å². The summed E-state index contributed by atoms with van der Waals surface area (Å²) in [5.41, 5.74) is 2.00. The summed E-state index contributed by atoms with van der Waals surface area (Å²) >= 11 is 0. The second-order valence-corrected chi connectivity index (χ2v) is 8.32. The van der Waals surface area contributed by atoms with Gasteiger partial charge in [0.2, 0.25) is 10.0 Å². The molecule has 0 spiro atoms. The van der Waals surface area contributed by atoms with Crippen molar-refractivity contribution in [1.82, 2.24) is 9.29 Å². The van der Waals surface area contributed by atoms with Gasteiger partial charge in [-0.2, -0.15) is 4.31 Å². The topological polar surface area (TPSA) is 53.5 Å². The standard InChI is InChI=1S/C18H23N3O2S/c1-14-6-9-16(10-7-14)24(22,23)21-12-4-5-17(21)15-8-11-18(19-13-15)20(2)3/h6-11,13,17H,4-5,12H2,1-3H3. The number of hydrogen-bond acceptors (Lipinski definition) is 4. The molecule has 0 N–H and O–H groups in total. The maximum Gasteiger partial charge on any atom is 0.243 e. The van der Waals surface area contributed by atoms with Gasteiger partial charge in [0.05, 0.1) is 10.9 Å². The SMILES string of the molecule is Cc1ccc(S(=O)(=O)N2CCCC2c2ccc(N(C)C)nc2)cc1. The summed E-state index contributed by atoms with van der Waals surface area (Å²) in [6.45, 7) is 2.50. The molecule has 1 saturated heterocycles. The van der Waals surface area contributed by atoms with Crippen LogP contribution in [-0.2, 0) is 10.0 Å². The lowest BCUT2D eigenvalue weighted by Gasteiger charge is -2.24. The number of aromatic nitrogens is 1. The van der Waals surface area contributed by atoms with Gasteiger partial charge >= 0.3 is 0 Å². The van der Waals surface area contributed by atoms with Crippen LogP contribution >= 0.6 is 0 Å².